The van der Waals surface area contributed by atoms with Gasteiger partial charge in [-0.15, -0.1) is 10.2 Å². The number of furan rings is 1. The number of anilines is 1. The maximum Gasteiger partial charge on any atom is 0.234 e. The summed E-state index contributed by atoms with van der Waals surface area (Å²) in [6.07, 6.45) is 0. The summed E-state index contributed by atoms with van der Waals surface area (Å²) in [5, 5.41) is 12.8. The number of hydrogen-bond donors (Lipinski definition) is 1. The number of thioether (sulfide) groups is 1. The summed E-state index contributed by atoms with van der Waals surface area (Å²) in [5.41, 5.74) is 0.816. The lowest BCUT2D eigenvalue weighted by atomic mass is 10.2. The summed E-state index contributed by atoms with van der Waals surface area (Å²) < 4.78 is 22.0. The van der Waals surface area contributed by atoms with E-state index >= 15 is 0 Å². The van der Waals surface area contributed by atoms with Gasteiger partial charge in [0.05, 0.1) is 11.4 Å². The third-order valence-electron chi connectivity index (χ3n) is 4.07. The molecule has 1 amide bonds. The van der Waals surface area contributed by atoms with E-state index in [9.17, 15) is 9.18 Å². The van der Waals surface area contributed by atoms with Crippen LogP contribution < -0.4 is 5.32 Å². The number of nitrogens with zero attached hydrogens (tertiary/aromatic N) is 3. The Kier molecular flexibility index (Phi) is 5.62. The molecule has 2 aromatic heterocycles. The molecular weight excluding hydrogens is 483 g/mol. The maximum absolute atomic E-state index is 13.8. The number of benzene rings is 2. The summed E-state index contributed by atoms with van der Waals surface area (Å²) >= 11 is 10.4. The van der Waals surface area contributed by atoms with Gasteiger partial charge in [0.1, 0.15) is 11.4 Å². The fourth-order valence-electron chi connectivity index (χ4n) is 2.69. The van der Waals surface area contributed by atoms with E-state index in [2.05, 4.69) is 31.4 Å². The lowest BCUT2D eigenvalue weighted by molar-refractivity contribution is -0.113. The van der Waals surface area contributed by atoms with Gasteiger partial charge in [-0.1, -0.05) is 39.3 Å². The molecule has 0 saturated heterocycles. The van der Waals surface area contributed by atoms with Crippen molar-refractivity contribution in [1.82, 2.24) is 14.8 Å². The van der Waals surface area contributed by atoms with E-state index in [4.69, 9.17) is 16.0 Å². The predicted octanol–water partition coefficient (Wildman–Crippen LogP) is 5.51. The van der Waals surface area contributed by atoms with Gasteiger partial charge < -0.3 is 14.3 Å². The van der Waals surface area contributed by atoms with Gasteiger partial charge in [-0.25, -0.2) is 4.39 Å². The number of carbonyl (C=O) groups excluding carboxylic acids is 1. The number of hydrogen-bond acceptors (Lipinski definition) is 5. The van der Waals surface area contributed by atoms with E-state index in [-0.39, 0.29) is 17.3 Å². The highest BCUT2D eigenvalue weighted by Gasteiger charge is 2.17. The predicted molar refractivity (Wildman–Crippen MR) is 115 cm³/mol. The second-order valence-corrected chi connectivity index (χ2v) is 8.41. The minimum absolute atomic E-state index is 0.0528. The zero-order valence-electron chi connectivity index (χ0n) is 14.9. The molecule has 0 atom stereocenters. The Hall–Kier alpha value is -2.36. The summed E-state index contributed by atoms with van der Waals surface area (Å²) in [4.78, 5) is 12.2. The molecule has 0 spiro atoms. The molecule has 148 valence electrons. The molecule has 0 aliphatic heterocycles. The fraction of sp³-hybridized carbons (Fsp3) is 0.105. The van der Waals surface area contributed by atoms with Gasteiger partial charge in [-0.3, -0.25) is 4.79 Å². The Bertz CT molecular complexity index is 1230. The van der Waals surface area contributed by atoms with Crippen molar-refractivity contribution in [3.63, 3.8) is 0 Å². The van der Waals surface area contributed by atoms with Crippen LogP contribution in [-0.4, -0.2) is 26.4 Å². The van der Waals surface area contributed by atoms with Gasteiger partial charge in [-0.2, -0.15) is 0 Å². The topological polar surface area (TPSA) is 73.0 Å². The largest absolute Gasteiger partial charge is 0.453 e. The number of fused-ring (bicyclic) bond motifs is 1. The first-order valence-corrected chi connectivity index (χ1v) is 10.5. The summed E-state index contributed by atoms with van der Waals surface area (Å²) in [6.45, 7) is 0. The zero-order chi connectivity index (χ0) is 20.5. The first kappa shape index (κ1) is 19.9. The molecule has 29 heavy (non-hydrogen) atoms. The molecule has 2 heterocycles. The van der Waals surface area contributed by atoms with E-state index < -0.39 is 5.82 Å². The molecule has 4 aromatic rings. The molecule has 2 aromatic carbocycles. The maximum atomic E-state index is 13.8. The Morgan fingerprint density at radius 3 is 2.90 bits per heavy atom. The van der Waals surface area contributed by atoms with Gasteiger partial charge in [0, 0.05) is 21.9 Å². The molecule has 0 saturated carbocycles. The summed E-state index contributed by atoms with van der Waals surface area (Å²) in [7, 11) is 1.78. The van der Waals surface area contributed by atoms with Crippen molar-refractivity contribution in [2.75, 3.05) is 11.1 Å². The molecule has 10 heteroatoms. The van der Waals surface area contributed by atoms with Crippen LogP contribution in [0, 0.1) is 5.82 Å². The van der Waals surface area contributed by atoms with E-state index in [1.165, 1.54) is 23.9 Å². The SMILES string of the molecule is Cn1c(SCC(=O)Nc2ccc(Br)cc2F)nnc1-c1cc2cc(Cl)ccc2o1. The molecule has 1 N–H and O–H groups in total. The summed E-state index contributed by atoms with van der Waals surface area (Å²) in [6, 6.07) is 11.6. The lowest BCUT2D eigenvalue weighted by Gasteiger charge is -2.06. The molecule has 0 fully saturated rings. The van der Waals surface area contributed by atoms with Crippen LogP contribution in [0.1, 0.15) is 0 Å². The van der Waals surface area contributed by atoms with Crippen LogP contribution in [0.2, 0.25) is 5.02 Å². The first-order chi connectivity index (χ1) is 13.9. The number of aromatic nitrogens is 3. The van der Waals surface area contributed by atoms with Crippen molar-refractivity contribution >= 4 is 61.9 Å². The molecule has 0 aliphatic carbocycles. The van der Waals surface area contributed by atoms with E-state index in [1.54, 1.807) is 29.8 Å². The average Bonchev–Trinajstić information content (AvgIpc) is 3.25. The smallest absolute Gasteiger partial charge is 0.234 e. The minimum atomic E-state index is -0.511. The third-order valence-corrected chi connectivity index (χ3v) is 5.82. The zero-order valence-corrected chi connectivity index (χ0v) is 18.1. The quantitative estimate of drug-likeness (QED) is 0.369. The van der Waals surface area contributed by atoms with Crippen LogP contribution in [-0.2, 0) is 11.8 Å². The second-order valence-electron chi connectivity index (χ2n) is 6.12. The molecule has 6 nitrogen and oxygen atoms in total. The van der Waals surface area contributed by atoms with Crippen LogP contribution in [0.3, 0.4) is 0 Å². The Balaban J connectivity index is 1.46. The molecule has 0 radical (unpaired) electrons. The number of nitrogens with one attached hydrogen (secondary N) is 1. The van der Waals surface area contributed by atoms with Gasteiger partial charge in [0.25, 0.3) is 0 Å². The summed E-state index contributed by atoms with van der Waals surface area (Å²) in [5.74, 6) is 0.268. The standard InChI is InChI=1S/C19H13BrClFN4O2S/c1-26-18(16-7-10-6-12(21)3-5-15(10)28-16)24-25-19(26)29-9-17(27)23-14-4-2-11(20)8-13(14)22/h2-8H,9H2,1H3,(H,23,27). The molecule has 0 bridgehead atoms. The average molecular weight is 496 g/mol. The highest BCUT2D eigenvalue weighted by molar-refractivity contribution is 9.10. The number of carbonyl (C=O) groups is 1. The van der Waals surface area contributed by atoms with Crippen LogP contribution in [0.4, 0.5) is 10.1 Å². The third kappa shape index (κ3) is 4.31. The van der Waals surface area contributed by atoms with Crippen molar-refractivity contribution in [3.8, 4) is 11.6 Å². The molecule has 4 rings (SSSR count). The van der Waals surface area contributed by atoms with Crippen LogP contribution in [0.25, 0.3) is 22.6 Å². The van der Waals surface area contributed by atoms with Gasteiger partial charge >= 0.3 is 0 Å². The van der Waals surface area contributed by atoms with E-state index in [1.807, 2.05) is 12.1 Å². The highest BCUT2D eigenvalue weighted by Crippen LogP contribution is 2.30. The van der Waals surface area contributed by atoms with Crippen molar-refractivity contribution in [2.24, 2.45) is 7.05 Å². The molecule has 0 aliphatic rings. The van der Waals surface area contributed by atoms with Crippen molar-refractivity contribution in [1.29, 1.82) is 0 Å². The second kappa shape index (κ2) is 8.17. The Morgan fingerprint density at radius 2 is 2.10 bits per heavy atom. The fourth-order valence-corrected chi connectivity index (χ4v) is 3.91. The van der Waals surface area contributed by atoms with Gasteiger partial charge in [0.2, 0.25) is 5.91 Å². The Labute approximate surface area is 182 Å². The monoisotopic (exact) mass is 494 g/mol. The lowest BCUT2D eigenvalue weighted by Crippen LogP contribution is -2.15. The molecular formula is C19H13BrClFN4O2S. The van der Waals surface area contributed by atoms with Crippen LogP contribution in [0.5, 0.6) is 0 Å². The van der Waals surface area contributed by atoms with E-state index in [0.717, 1.165) is 5.39 Å². The normalized spacial score (nSPS) is 11.2. The van der Waals surface area contributed by atoms with E-state index in [0.29, 0.717) is 31.8 Å². The molecule has 0 unspecified atom stereocenters. The van der Waals surface area contributed by atoms with Gasteiger partial charge in [-0.05, 0) is 42.5 Å². The Morgan fingerprint density at radius 1 is 1.28 bits per heavy atom. The minimum Gasteiger partial charge on any atom is -0.453 e. The van der Waals surface area contributed by atoms with Crippen molar-refractivity contribution in [3.05, 3.63) is 57.8 Å². The van der Waals surface area contributed by atoms with Crippen molar-refractivity contribution in [2.45, 2.75) is 5.16 Å². The van der Waals surface area contributed by atoms with Crippen LogP contribution in [0.15, 0.2) is 56.5 Å². The van der Waals surface area contributed by atoms with Gasteiger partial charge in [0.15, 0.2) is 16.7 Å². The number of halogens is 3. The highest BCUT2D eigenvalue weighted by atomic mass is 79.9. The van der Waals surface area contributed by atoms with Crippen LogP contribution >= 0.6 is 39.3 Å². The number of rotatable bonds is 5. The van der Waals surface area contributed by atoms with Crippen molar-refractivity contribution < 1.29 is 13.6 Å². The first-order valence-electron chi connectivity index (χ1n) is 8.37. The number of amides is 1.